The first-order valence-electron chi connectivity index (χ1n) is 6.36. The fourth-order valence-corrected chi connectivity index (χ4v) is 2.57. The molecular weight excluding hydrogens is 324 g/mol. The summed E-state index contributed by atoms with van der Waals surface area (Å²) in [4.78, 5) is 4.04. The van der Waals surface area contributed by atoms with Crippen LogP contribution in [0.1, 0.15) is 5.56 Å². The average molecular weight is 339 g/mol. The van der Waals surface area contributed by atoms with E-state index in [4.69, 9.17) is 9.47 Å². The minimum Gasteiger partial charge on any atom is -0.394 e. The molecule has 1 N–H and O–H groups in total. The Balaban J connectivity index is 1.93. The Bertz CT molecular complexity index is 558. The molecule has 5 nitrogen and oxygen atoms in total. The van der Waals surface area contributed by atoms with Crippen molar-refractivity contribution in [3.63, 3.8) is 0 Å². The number of aliphatic hydroxyl groups is 1. The lowest BCUT2D eigenvalue weighted by Crippen LogP contribution is -2.33. The number of aliphatic hydroxyl groups excluding tert-OH is 1. The lowest BCUT2D eigenvalue weighted by molar-refractivity contribution is -0.190. The van der Waals surface area contributed by atoms with Crippen LogP contribution in [0.4, 0.5) is 0 Å². The molecule has 0 spiro atoms. The van der Waals surface area contributed by atoms with Gasteiger partial charge in [0, 0.05) is 22.4 Å². The number of nitrogens with zero attached hydrogens (tertiary/aromatic N) is 2. The van der Waals surface area contributed by atoms with Gasteiger partial charge in [-0.25, -0.2) is 4.98 Å². The highest BCUT2D eigenvalue weighted by atomic mass is 79.9. The van der Waals surface area contributed by atoms with Crippen LogP contribution in [0.2, 0.25) is 0 Å². The Morgan fingerprint density at radius 2 is 2.20 bits per heavy atom. The largest absolute Gasteiger partial charge is 0.394 e. The molecule has 0 radical (unpaired) electrons. The van der Waals surface area contributed by atoms with Crippen molar-refractivity contribution in [1.82, 2.24) is 9.55 Å². The molecule has 106 valence electrons. The van der Waals surface area contributed by atoms with Crippen LogP contribution in [0.15, 0.2) is 47.5 Å². The van der Waals surface area contributed by atoms with Crippen LogP contribution in [0.3, 0.4) is 0 Å². The molecule has 0 amide bonds. The second kappa shape index (κ2) is 5.65. The molecule has 1 fully saturated rings. The summed E-state index contributed by atoms with van der Waals surface area (Å²) in [6.07, 6.45) is 5.00. The number of halogens is 1. The molecule has 0 saturated carbocycles. The van der Waals surface area contributed by atoms with E-state index in [-0.39, 0.29) is 12.7 Å². The first kappa shape index (κ1) is 13.8. The molecule has 2 atom stereocenters. The topological polar surface area (TPSA) is 56.5 Å². The van der Waals surface area contributed by atoms with Crippen molar-refractivity contribution < 1.29 is 14.6 Å². The van der Waals surface area contributed by atoms with Crippen LogP contribution in [0.25, 0.3) is 0 Å². The number of ether oxygens (including phenoxy) is 2. The molecule has 20 heavy (non-hydrogen) atoms. The molecule has 0 bridgehead atoms. The number of hydrogen-bond donors (Lipinski definition) is 1. The molecule has 1 aliphatic rings. The van der Waals surface area contributed by atoms with Gasteiger partial charge in [0.25, 0.3) is 0 Å². The van der Waals surface area contributed by atoms with Crippen molar-refractivity contribution in [2.24, 2.45) is 0 Å². The van der Waals surface area contributed by atoms with Crippen LogP contribution in [-0.4, -0.2) is 34.0 Å². The highest BCUT2D eigenvalue weighted by Crippen LogP contribution is 2.36. The van der Waals surface area contributed by atoms with Gasteiger partial charge in [-0.3, -0.25) is 0 Å². The number of imidazole rings is 1. The zero-order valence-electron chi connectivity index (χ0n) is 10.8. The average Bonchev–Trinajstić information content (AvgIpc) is 3.10. The number of rotatable bonds is 4. The van der Waals surface area contributed by atoms with E-state index in [2.05, 4.69) is 20.9 Å². The third-order valence-corrected chi connectivity index (χ3v) is 3.83. The van der Waals surface area contributed by atoms with Crippen molar-refractivity contribution >= 4 is 15.9 Å². The molecule has 3 rings (SSSR count). The van der Waals surface area contributed by atoms with Gasteiger partial charge in [-0.05, 0) is 12.1 Å². The summed E-state index contributed by atoms with van der Waals surface area (Å²) >= 11 is 3.42. The van der Waals surface area contributed by atoms with Crippen LogP contribution in [-0.2, 0) is 21.8 Å². The maximum Gasteiger partial charge on any atom is 0.214 e. The van der Waals surface area contributed by atoms with Gasteiger partial charge in [0.05, 0.1) is 26.1 Å². The molecule has 2 aromatic rings. The number of hydrogen-bond acceptors (Lipinski definition) is 4. The SMILES string of the molecule is OC[C@@H]1CO[C@@](Cn2ccnc2)(c2ccc(Br)cc2)O1. The predicted molar refractivity (Wildman–Crippen MR) is 76.0 cm³/mol. The second-order valence-electron chi connectivity index (χ2n) is 4.73. The van der Waals surface area contributed by atoms with Crippen molar-refractivity contribution in [3.05, 3.63) is 53.0 Å². The van der Waals surface area contributed by atoms with Gasteiger partial charge in [0.15, 0.2) is 0 Å². The maximum absolute atomic E-state index is 9.28. The van der Waals surface area contributed by atoms with Gasteiger partial charge < -0.3 is 19.1 Å². The zero-order chi connectivity index (χ0) is 14.0. The third-order valence-electron chi connectivity index (χ3n) is 3.30. The molecule has 0 aliphatic carbocycles. The fraction of sp³-hybridized carbons (Fsp3) is 0.357. The number of aromatic nitrogens is 2. The molecule has 1 aliphatic heterocycles. The molecule has 6 heteroatoms. The van der Waals surface area contributed by atoms with Crippen LogP contribution < -0.4 is 0 Å². The van der Waals surface area contributed by atoms with Gasteiger partial charge >= 0.3 is 0 Å². The summed E-state index contributed by atoms with van der Waals surface area (Å²) < 4.78 is 14.8. The summed E-state index contributed by atoms with van der Waals surface area (Å²) in [6.45, 7) is 0.814. The van der Waals surface area contributed by atoms with Crippen molar-refractivity contribution in [2.75, 3.05) is 13.2 Å². The molecule has 1 aromatic carbocycles. The Labute approximate surface area is 125 Å². The van der Waals surface area contributed by atoms with Crippen molar-refractivity contribution in [2.45, 2.75) is 18.4 Å². The summed E-state index contributed by atoms with van der Waals surface area (Å²) in [7, 11) is 0. The minimum atomic E-state index is -0.880. The maximum atomic E-state index is 9.28. The highest BCUT2D eigenvalue weighted by molar-refractivity contribution is 9.10. The van der Waals surface area contributed by atoms with Crippen LogP contribution >= 0.6 is 15.9 Å². The van der Waals surface area contributed by atoms with Crippen LogP contribution in [0, 0.1) is 0 Å². The monoisotopic (exact) mass is 338 g/mol. The lowest BCUT2D eigenvalue weighted by atomic mass is 10.1. The zero-order valence-corrected chi connectivity index (χ0v) is 12.4. The normalized spacial score (nSPS) is 26.0. The third kappa shape index (κ3) is 2.64. The summed E-state index contributed by atoms with van der Waals surface area (Å²) in [5.41, 5.74) is 0.922. The summed E-state index contributed by atoms with van der Waals surface area (Å²) in [5, 5.41) is 9.28. The van der Waals surface area contributed by atoms with E-state index < -0.39 is 5.79 Å². The van der Waals surface area contributed by atoms with E-state index in [9.17, 15) is 5.11 Å². The van der Waals surface area contributed by atoms with E-state index in [0.717, 1.165) is 10.0 Å². The summed E-state index contributed by atoms with van der Waals surface area (Å²) in [5.74, 6) is -0.880. The van der Waals surface area contributed by atoms with Gasteiger partial charge in [0.2, 0.25) is 5.79 Å². The molecule has 1 saturated heterocycles. The fourth-order valence-electron chi connectivity index (χ4n) is 2.30. The summed E-state index contributed by atoms with van der Waals surface area (Å²) in [6, 6.07) is 7.81. The van der Waals surface area contributed by atoms with Gasteiger partial charge in [-0.15, -0.1) is 0 Å². The highest BCUT2D eigenvalue weighted by Gasteiger charge is 2.43. The Morgan fingerprint density at radius 3 is 2.80 bits per heavy atom. The first-order valence-corrected chi connectivity index (χ1v) is 7.15. The minimum absolute atomic E-state index is 0.0534. The number of benzene rings is 1. The smallest absolute Gasteiger partial charge is 0.214 e. The second-order valence-corrected chi connectivity index (χ2v) is 5.64. The first-order chi connectivity index (χ1) is 9.72. The van der Waals surface area contributed by atoms with Gasteiger partial charge in [0.1, 0.15) is 6.10 Å². The lowest BCUT2D eigenvalue weighted by Gasteiger charge is -2.29. The van der Waals surface area contributed by atoms with E-state index >= 15 is 0 Å². The van der Waals surface area contributed by atoms with Crippen LogP contribution in [0.5, 0.6) is 0 Å². The molecule has 1 aromatic heterocycles. The molecule has 0 unspecified atom stereocenters. The quantitative estimate of drug-likeness (QED) is 0.925. The standard InChI is InChI=1S/C14H15BrN2O3/c15-12-3-1-11(2-4-12)14(9-17-6-5-16-10-17)19-8-13(7-18)20-14/h1-6,10,13,18H,7-9H2/t13-,14-/m1/s1. The van der Waals surface area contributed by atoms with Gasteiger partial charge in [-0.1, -0.05) is 28.1 Å². The predicted octanol–water partition coefficient (Wildman–Crippen LogP) is 1.91. The van der Waals surface area contributed by atoms with E-state index in [1.165, 1.54) is 0 Å². The van der Waals surface area contributed by atoms with E-state index in [1.54, 1.807) is 12.5 Å². The Morgan fingerprint density at radius 1 is 1.40 bits per heavy atom. The Hall–Kier alpha value is -1.21. The molecular formula is C14H15BrN2O3. The van der Waals surface area contributed by atoms with E-state index in [0.29, 0.717) is 13.2 Å². The van der Waals surface area contributed by atoms with Gasteiger partial charge in [-0.2, -0.15) is 0 Å². The van der Waals surface area contributed by atoms with Crippen molar-refractivity contribution in [1.29, 1.82) is 0 Å². The Kier molecular flexibility index (Phi) is 3.89. The van der Waals surface area contributed by atoms with Crippen molar-refractivity contribution in [3.8, 4) is 0 Å². The van der Waals surface area contributed by atoms with E-state index in [1.807, 2.05) is 35.0 Å². The molecule has 2 heterocycles.